The summed E-state index contributed by atoms with van der Waals surface area (Å²) in [5, 5.41) is 20.5. The highest BCUT2D eigenvalue weighted by atomic mass is 32.1. The van der Waals surface area contributed by atoms with Gasteiger partial charge in [0.25, 0.3) is 11.2 Å². The topological polar surface area (TPSA) is 117 Å². The summed E-state index contributed by atoms with van der Waals surface area (Å²) in [7, 11) is 1.59. The molecule has 38 heavy (non-hydrogen) atoms. The normalized spacial score (nSPS) is 11.8. The van der Waals surface area contributed by atoms with Crippen LogP contribution >= 0.6 is 11.3 Å². The third-order valence-electron chi connectivity index (χ3n) is 5.91. The van der Waals surface area contributed by atoms with E-state index in [0.29, 0.717) is 37.9 Å². The molecule has 0 fully saturated rings. The number of ether oxygens (including phenoxy) is 1. The number of fused-ring (bicyclic) bond motifs is 1. The number of thiazole rings is 1. The number of nitro benzene ring substituents is 1. The Morgan fingerprint density at radius 1 is 0.974 bits per heavy atom. The number of nitrogens with zero attached hydrogens (tertiary/aromatic N) is 6. The fraction of sp³-hybridized carbons (Fsp3) is 0.0370. The first-order valence-electron chi connectivity index (χ1n) is 11.5. The average Bonchev–Trinajstić information content (AvgIpc) is 3.64. The van der Waals surface area contributed by atoms with Crippen LogP contribution in [0, 0.1) is 10.1 Å². The van der Waals surface area contributed by atoms with Crippen LogP contribution in [0.3, 0.4) is 0 Å². The van der Waals surface area contributed by atoms with E-state index in [1.807, 2.05) is 54.6 Å². The van der Waals surface area contributed by atoms with E-state index in [4.69, 9.17) is 9.84 Å². The van der Waals surface area contributed by atoms with Crippen LogP contribution in [0.2, 0.25) is 0 Å². The zero-order valence-corrected chi connectivity index (χ0v) is 20.7. The van der Waals surface area contributed by atoms with Gasteiger partial charge in [-0.1, -0.05) is 41.7 Å². The SMILES string of the molecule is COc1ccc(-c2nc3sc(=Cc4cn(-c5ccccc5)nc4-c4cccc([N+](=O)[O-])c4)c(=O)n3n2)cc1. The summed E-state index contributed by atoms with van der Waals surface area (Å²) in [6.07, 6.45) is 3.51. The molecule has 3 heterocycles. The van der Waals surface area contributed by atoms with Gasteiger partial charge in [-0.05, 0) is 42.5 Å². The molecule has 0 bridgehead atoms. The summed E-state index contributed by atoms with van der Waals surface area (Å²) in [5.74, 6) is 1.16. The molecule has 6 rings (SSSR count). The highest BCUT2D eigenvalue weighted by Crippen LogP contribution is 2.27. The number of rotatable bonds is 6. The van der Waals surface area contributed by atoms with Gasteiger partial charge in [0.2, 0.25) is 4.96 Å². The van der Waals surface area contributed by atoms with Crippen molar-refractivity contribution in [1.29, 1.82) is 0 Å². The number of nitro groups is 1. The molecular formula is C27H18N6O4S. The number of benzene rings is 3. The lowest BCUT2D eigenvalue weighted by Gasteiger charge is -2.00. The molecule has 0 aliphatic carbocycles. The summed E-state index contributed by atoms with van der Waals surface area (Å²) in [5.41, 5.74) is 2.93. The van der Waals surface area contributed by atoms with E-state index in [2.05, 4.69) is 10.1 Å². The third-order valence-corrected chi connectivity index (χ3v) is 6.87. The Bertz CT molecular complexity index is 1910. The molecule has 11 heteroatoms. The largest absolute Gasteiger partial charge is 0.497 e. The van der Waals surface area contributed by atoms with Crippen LogP contribution in [0.4, 0.5) is 5.69 Å². The zero-order valence-electron chi connectivity index (χ0n) is 19.9. The smallest absolute Gasteiger partial charge is 0.291 e. The first kappa shape index (κ1) is 23.3. The number of hydrogen-bond acceptors (Lipinski definition) is 8. The van der Waals surface area contributed by atoms with Gasteiger partial charge in [0.1, 0.15) is 11.4 Å². The lowest BCUT2D eigenvalue weighted by molar-refractivity contribution is -0.384. The number of para-hydroxylation sites is 1. The fourth-order valence-electron chi connectivity index (χ4n) is 4.03. The molecule has 186 valence electrons. The van der Waals surface area contributed by atoms with Crippen LogP contribution in [-0.2, 0) is 0 Å². The molecule has 3 aromatic heterocycles. The number of hydrogen-bond donors (Lipinski definition) is 0. The fourth-order valence-corrected chi connectivity index (χ4v) is 4.93. The van der Waals surface area contributed by atoms with Gasteiger partial charge in [0.05, 0.1) is 22.3 Å². The van der Waals surface area contributed by atoms with E-state index in [-0.39, 0.29) is 11.2 Å². The van der Waals surface area contributed by atoms with Gasteiger partial charge in [-0.15, -0.1) is 5.10 Å². The second kappa shape index (κ2) is 9.37. The molecule has 0 saturated carbocycles. The molecule has 0 radical (unpaired) electrons. The molecule has 10 nitrogen and oxygen atoms in total. The maximum absolute atomic E-state index is 13.2. The molecule has 0 N–H and O–H groups in total. The van der Waals surface area contributed by atoms with Gasteiger partial charge in [-0.3, -0.25) is 14.9 Å². The summed E-state index contributed by atoms with van der Waals surface area (Å²) in [6, 6.07) is 23.0. The third kappa shape index (κ3) is 4.20. The van der Waals surface area contributed by atoms with Crippen molar-refractivity contribution in [2.45, 2.75) is 0 Å². The summed E-state index contributed by atoms with van der Waals surface area (Å²) < 4.78 is 8.58. The van der Waals surface area contributed by atoms with Crippen LogP contribution in [0.25, 0.3) is 39.4 Å². The Morgan fingerprint density at radius 2 is 1.76 bits per heavy atom. The second-order valence-corrected chi connectivity index (χ2v) is 9.30. The molecule has 0 aliphatic rings. The van der Waals surface area contributed by atoms with Gasteiger partial charge in [-0.2, -0.15) is 14.6 Å². The van der Waals surface area contributed by atoms with E-state index < -0.39 is 4.92 Å². The molecular weight excluding hydrogens is 504 g/mol. The van der Waals surface area contributed by atoms with Crippen molar-refractivity contribution in [2.24, 2.45) is 0 Å². The van der Waals surface area contributed by atoms with E-state index in [1.165, 1.54) is 28.0 Å². The quantitative estimate of drug-likeness (QED) is 0.238. The lowest BCUT2D eigenvalue weighted by Crippen LogP contribution is -2.23. The number of methoxy groups -OCH3 is 1. The first-order valence-corrected chi connectivity index (χ1v) is 12.3. The minimum absolute atomic E-state index is 0.0444. The van der Waals surface area contributed by atoms with Crippen LogP contribution < -0.4 is 14.8 Å². The van der Waals surface area contributed by atoms with Crippen molar-refractivity contribution in [1.82, 2.24) is 24.4 Å². The van der Waals surface area contributed by atoms with Gasteiger partial charge in [0.15, 0.2) is 5.82 Å². The van der Waals surface area contributed by atoms with Crippen LogP contribution in [0.5, 0.6) is 5.75 Å². The molecule has 6 aromatic rings. The summed E-state index contributed by atoms with van der Waals surface area (Å²) in [6.45, 7) is 0. The van der Waals surface area contributed by atoms with E-state index >= 15 is 0 Å². The zero-order chi connectivity index (χ0) is 26.2. The Balaban J connectivity index is 1.47. The predicted molar refractivity (Wildman–Crippen MR) is 144 cm³/mol. The average molecular weight is 523 g/mol. The minimum atomic E-state index is -0.447. The highest BCUT2D eigenvalue weighted by Gasteiger charge is 2.16. The molecule has 0 amide bonds. The Morgan fingerprint density at radius 3 is 2.47 bits per heavy atom. The van der Waals surface area contributed by atoms with Gasteiger partial charge in [-0.25, -0.2) is 4.68 Å². The number of aromatic nitrogens is 5. The molecule has 3 aromatic carbocycles. The van der Waals surface area contributed by atoms with Crippen molar-refractivity contribution < 1.29 is 9.66 Å². The van der Waals surface area contributed by atoms with Crippen LogP contribution in [0.1, 0.15) is 5.56 Å². The maximum atomic E-state index is 13.2. The Kier molecular flexibility index (Phi) is 5.74. The monoisotopic (exact) mass is 522 g/mol. The Labute approximate surface area is 218 Å². The highest BCUT2D eigenvalue weighted by molar-refractivity contribution is 7.15. The van der Waals surface area contributed by atoms with Gasteiger partial charge >= 0.3 is 0 Å². The first-order chi connectivity index (χ1) is 18.5. The second-order valence-electron chi connectivity index (χ2n) is 8.29. The lowest BCUT2D eigenvalue weighted by atomic mass is 10.1. The maximum Gasteiger partial charge on any atom is 0.291 e. The van der Waals surface area contributed by atoms with E-state index in [9.17, 15) is 14.9 Å². The van der Waals surface area contributed by atoms with Crippen molar-refractivity contribution in [2.75, 3.05) is 7.11 Å². The summed E-state index contributed by atoms with van der Waals surface area (Å²) >= 11 is 1.21. The summed E-state index contributed by atoms with van der Waals surface area (Å²) in [4.78, 5) is 29.2. The van der Waals surface area contributed by atoms with Crippen molar-refractivity contribution in [3.63, 3.8) is 0 Å². The van der Waals surface area contributed by atoms with Crippen LogP contribution in [-0.4, -0.2) is 36.4 Å². The van der Waals surface area contributed by atoms with Crippen LogP contribution in [0.15, 0.2) is 89.9 Å². The van der Waals surface area contributed by atoms with E-state index in [0.717, 1.165) is 11.3 Å². The molecule has 0 atom stereocenters. The van der Waals surface area contributed by atoms with Crippen molar-refractivity contribution in [3.05, 3.63) is 116 Å². The van der Waals surface area contributed by atoms with Crippen molar-refractivity contribution in [3.8, 4) is 34.1 Å². The molecule has 0 spiro atoms. The molecule has 0 saturated heterocycles. The molecule has 0 unspecified atom stereocenters. The van der Waals surface area contributed by atoms with Gasteiger partial charge < -0.3 is 4.74 Å². The minimum Gasteiger partial charge on any atom is -0.497 e. The van der Waals surface area contributed by atoms with E-state index in [1.54, 1.807) is 36.2 Å². The standard InChI is InChI=1S/C27H18N6O4S/c1-37-22-12-10-17(11-13-22)25-28-27-32(30-25)26(34)23(38-27)15-19-16-31(20-7-3-2-4-8-20)29-24(19)18-6-5-9-21(14-18)33(35)36/h2-16H,1H3. The van der Waals surface area contributed by atoms with Crippen molar-refractivity contribution >= 4 is 28.1 Å². The number of non-ortho nitro benzene ring substituents is 1. The Hall–Kier alpha value is -5.16. The molecule has 0 aliphatic heterocycles. The predicted octanol–water partition coefficient (Wildman–Crippen LogP) is 4.14. The van der Waals surface area contributed by atoms with Gasteiger partial charge in [0, 0.05) is 35.0 Å².